The molecule has 2 rings (SSSR count). The fraction of sp³-hybridized carbons (Fsp3) is 0.214. The van der Waals surface area contributed by atoms with Gasteiger partial charge in [-0.2, -0.15) is 0 Å². The van der Waals surface area contributed by atoms with E-state index in [2.05, 4.69) is 0 Å². The van der Waals surface area contributed by atoms with Gasteiger partial charge in [0.15, 0.2) is 0 Å². The van der Waals surface area contributed by atoms with Crippen molar-refractivity contribution in [3.63, 3.8) is 0 Å². The summed E-state index contributed by atoms with van der Waals surface area (Å²) in [5, 5.41) is 1.07. The maximum atomic E-state index is 12.2. The first-order valence-corrected chi connectivity index (χ1v) is 6.58. The molecule has 1 unspecified atom stereocenters. The summed E-state index contributed by atoms with van der Waals surface area (Å²) in [6.07, 6.45) is 0. The van der Waals surface area contributed by atoms with Crippen LogP contribution in [-0.4, -0.2) is 4.57 Å². The Morgan fingerprint density at radius 1 is 1.21 bits per heavy atom. The van der Waals surface area contributed by atoms with Crippen LogP contribution in [0, 0.1) is 0 Å². The Morgan fingerprint density at radius 3 is 2.47 bits per heavy atom. The van der Waals surface area contributed by atoms with Gasteiger partial charge < -0.3 is 10.3 Å². The predicted octanol–water partition coefficient (Wildman–Crippen LogP) is 3.38. The van der Waals surface area contributed by atoms with Crippen LogP contribution in [0.15, 0.2) is 35.1 Å². The van der Waals surface area contributed by atoms with Crippen molar-refractivity contribution in [2.75, 3.05) is 0 Å². The topological polar surface area (TPSA) is 48.0 Å². The van der Waals surface area contributed by atoms with Crippen LogP contribution in [0.3, 0.4) is 0 Å². The van der Waals surface area contributed by atoms with Gasteiger partial charge in [0, 0.05) is 29.2 Å². The summed E-state index contributed by atoms with van der Waals surface area (Å²) in [5.41, 5.74) is 7.73. The molecule has 0 saturated carbocycles. The molecule has 2 aromatic rings. The highest BCUT2D eigenvalue weighted by Crippen LogP contribution is 2.29. The summed E-state index contributed by atoms with van der Waals surface area (Å²) in [4.78, 5) is 12.2. The Hall–Kier alpha value is -1.29. The normalized spacial score (nSPS) is 12.5. The lowest BCUT2D eigenvalue weighted by atomic mass is 10.1. The molecule has 1 aromatic heterocycles. The Bertz CT molecular complexity index is 678. The Balaban J connectivity index is 2.64. The van der Waals surface area contributed by atoms with E-state index in [1.165, 1.54) is 0 Å². The van der Waals surface area contributed by atoms with Gasteiger partial charge in [-0.1, -0.05) is 23.2 Å². The van der Waals surface area contributed by atoms with Crippen molar-refractivity contribution in [1.82, 2.24) is 4.57 Å². The van der Waals surface area contributed by atoms with Gasteiger partial charge in [0.25, 0.3) is 5.56 Å². The number of pyridine rings is 1. The average Bonchev–Trinajstić information content (AvgIpc) is 2.33. The van der Waals surface area contributed by atoms with Crippen molar-refractivity contribution in [1.29, 1.82) is 0 Å². The van der Waals surface area contributed by atoms with E-state index in [0.29, 0.717) is 15.6 Å². The fourth-order valence-corrected chi connectivity index (χ4v) is 2.47. The van der Waals surface area contributed by atoms with E-state index in [4.69, 9.17) is 28.9 Å². The minimum Gasteiger partial charge on any atom is -0.324 e. The maximum absolute atomic E-state index is 12.2. The van der Waals surface area contributed by atoms with Crippen molar-refractivity contribution < 1.29 is 0 Å². The third-order valence-corrected chi connectivity index (χ3v) is 3.58. The van der Waals surface area contributed by atoms with E-state index < -0.39 is 0 Å². The Labute approximate surface area is 121 Å². The molecule has 0 spiro atoms. The summed E-state index contributed by atoms with van der Waals surface area (Å²) >= 11 is 12.0. The first-order valence-electron chi connectivity index (χ1n) is 5.82. The molecule has 0 aliphatic rings. The van der Waals surface area contributed by atoms with Gasteiger partial charge in [-0.05, 0) is 37.3 Å². The second-order valence-corrected chi connectivity index (χ2v) is 5.29. The van der Waals surface area contributed by atoms with Gasteiger partial charge in [-0.15, -0.1) is 0 Å². The molecule has 0 radical (unpaired) electrons. The summed E-state index contributed by atoms with van der Waals surface area (Å²) in [5.74, 6) is 0. The van der Waals surface area contributed by atoms with Crippen LogP contribution >= 0.6 is 23.2 Å². The molecular formula is C14H14Cl2N2O. The zero-order valence-corrected chi connectivity index (χ0v) is 12.2. The average molecular weight is 297 g/mol. The molecule has 0 aliphatic carbocycles. The van der Waals surface area contributed by atoms with E-state index in [-0.39, 0.29) is 11.6 Å². The molecule has 0 fully saturated rings. The lowest BCUT2D eigenvalue weighted by molar-refractivity contribution is 0.760. The highest BCUT2D eigenvalue weighted by atomic mass is 35.5. The molecule has 0 aliphatic heterocycles. The molecular weight excluding hydrogens is 283 g/mol. The molecule has 2 N–H and O–H groups in total. The van der Waals surface area contributed by atoms with Gasteiger partial charge in [-0.25, -0.2) is 0 Å². The molecule has 5 heteroatoms. The number of halogens is 2. The number of hydrogen-bond acceptors (Lipinski definition) is 2. The van der Waals surface area contributed by atoms with E-state index in [1.807, 2.05) is 6.07 Å². The first-order chi connectivity index (χ1) is 8.91. The lowest BCUT2D eigenvalue weighted by Crippen LogP contribution is -2.26. The summed E-state index contributed by atoms with van der Waals surface area (Å²) in [7, 11) is 1.70. The van der Waals surface area contributed by atoms with E-state index in [0.717, 1.165) is 11.3 Å². The molecule has 1 aromatic carbocycles. The number of nitrogens with two attached hydrogens (primary N) is 1. The van der Waals surface area contributed by atoms with E-state index in [1.54, 1.807) is 42.8 Å². The van der Waals surface area contributed by atoms with Crippen molar-refractivity contribution >= 4 is 23.2 Å². The smallest absolute Gasteiger partial charge is 0.255 e. The van der Waals surface area contributed by atoms with Crippen molar-refractivity contribution in [3.05, 3.63) is 56.3 Å². The third kappa shape index (κ3) is 2.68. The van der Waals surface area contributed by atoms with Crippen LogP contribution in [0.4, 0.5) is 0 Å². The van der Waals surface area contributed by atoms with Gasteiger partial charge in [0.05, 0.1) is 10.7 Å². The molecule has 0 saturated heterocycles. The van der Waals surface area contributed by atoms with E-state index in [9.17, 15) is 4.79 Å². The monoisotopic (exact) mass is 296 g/mol. The highest BCUT2D eigenvalue weighted by molar-refractivity contribution is 6.36. The predicted molar refractivity (Wildman–Crippen MR) is 79.7 cm³/mol. The summed E-state index contributed by atoms with van der Waals surface area (Å²) in [6.45, 7) is 1.78. The maximum Gasteiger partial charge on any atom is 0.255 e. The first kappa shape index (κ1) is 14.1. The Kier molecular flexibility index (Phi) is 3.99. The number of benzene rings is 1. The molecule has 1 atom stereocenters. The standard InChI is InChI=1S/C14H14Cl2N2O/c1-8(17)10-5-6-13(18(2)14(10)19)11-4-3-9(15)7-12(11)16/h3-8H,17H2,1-2H3. The van der Waals surface area contributed by atoms with Gasteiger partial charge in [0.2, 0.25) is 0 Å². The summed E-state index contributed by atoms with van der Waals surface area (Å²) in [6, 6.07) is 8.48. The van der Waals surface area contributed by atoms with E-state index >= 15 is 0 Å². The quantitative estimate of drug-likeness (QED) is 0.923. The van der Waals surface area contributed by atoms with Crippen molar-refractivity contribution in [3.8, 4) is 11.3 Å². The second-order valence-electron chi connectivity index (χ2n) is 4.45. The van der Waals surface area contributed by atoms with Crippen molar-refractivity contribution in [2.24, 2.45) is 12.8 Å². The number of rotatable bonds is 2. The molecule has 19 heavy (non-hydrogen) atoms. The second kappa shape index (κ2) is 5.37. The van der Waals surface area contributed by atoms with Crippen LogP contribution in [0.2, 0.25) is 10.0 Å². The minimum atomic E-state index is -0.298. The van der Waals surface area contributed by atoms with Crippen LogP contribution in [0.1, 0.15) is 18.5 Å². The van der Waals surface area contributed by atoms with Gasteiger partial charge >= 0.3 is 0 Å². The van der Waals surface area contributed by atoms with Crippen LogP contribution in [-0.2, 0) is 7.05 Å². The van der Waals surface area contributed by atoms with Gasteiger partial charge in [0.1, 0.15) is 0 Å². The SMILES string of the molecule is CC(N)c1ccc(-c2ccc(Cl)cc2Cl)n(C)c1=O. The summed E-state index contributed by atoms with van der Waals surface area (Å²) < 4.78 is 1.55. The number of hydrogen-bond donors (Lipinski definition) is 1. The molecule has 0 bridgehead atoms. The molecule has 3 nitrogen and oxygen atoms in total. The van der Waals surface area contributed by atoms with Crippen LogP contribution < -0.4 is 11.3 Å². The molecule has 100 valence electrons. The minimum absolute atomic E-state index is 0.112. The highest BCUT2D eigenvalue weighted by Gasteiger charge is 2.12. The van der Waals surface area contributed by atoms with Crippen LogP contribution in [0.5, 0.6) is 0 Å². The largest absolute Gasteiger partial charge is 0.324 e. The van der Waals surface area contributed by atoms with Gasteiger partial charge in [-0.3, -0.25) is 4.79 Å². The Morgan fingerprint density at radius 2 is 1.89 bits per heavy atom. The zero-order chi connectivity index (χ0) is 14.2. The zero-order valence-electron chi connectivity index (χ0n) is 10.7. The fourth-order valence-electron chi connectivity index (χ4n) is 1.97. The van der Waals surface area contributed by atoms with Crippen molar-refractivity contribution in [2.45, 2.75) is 13.0 Å². The molecule has 0 amide bonds. The number of nitrogens with zero attached hydrogens (tertiary/aromatic N) is 1. The van der Waals surface area contributed by atoms with Crippen LogP contribution in [0.25, 0.3) is 11.3 Å². The molecule has 1 heterocycles. The lowest BCUT2D eigenvalue weighted by Gasteiger charge is -2.13. The third-order valence-electron chi connectivity index (χ3n) is 3.03. The number of aromatic nitrogens is 1.